The van der Waals surface area contributed by atoms with Gasteiger partial charge >= 0.3 is 5.97 Å². The first-order valence-electron chi connectivity index (χ1n) is 22.7. The average Bonchev–Trinajstić information content (AvgIpc) is 4.10. The number of amides is 5. The zero-order valence-corrected chi connectivity index (χ0v) is 40.8. The Balaban J connectivity index is 0.893. The number of carbonyl (C=O) groups excluding carboxylic acids is 6. The van der Waals surface area contributed by atoms with Gasteiger partial charge in [0.25, 0.3) is 5.56 Å². The Bertz CT molecular complexity index is 3080. The number of sulfone groups is 1. The monoisotopic (exact) mass is 1020 g/mol. The van der Waals surface area contributed by atoms with Gasteiger partial charge in [0.2, 0.25) is 44.5 Å². The van der Waals surface area contributed by atoms with E-state index in [-0.39, 0.29) is 71.0 Å². The fourth-order valence-electron chi connectivity index (χ4n) is 8.08. The number of pyridine rings is 2. The number of rotatable bonds is 18. The van der Waals surface area contributed by atoms with Gasteiger partial charge in [-0.2, -0.15) is 0 Å². The molecule has 0 spiro atoms. The molecular weight excluding hydrogens is 969 g/mol. The van der Waals surface area contributed by atoms with Gasteiger partial charge in [0.05, 0.1) is 39.6 Å². The highest BCUT2D eigenvalue weighted by atomic mass is 35.5. The van der Waals surface area contributed by atoms with Crippen molar-refractivity contribution in [3.63, 3.8) is 0 Å². The molecule has 7 rings (SSSR count). The normalized spacial score (nSPS) is 17.4. The number of aromatic nitrogens is 4. The highest BCUT2D eigenvalue weighted by Crippen LogP contribution is 2.41. The SMILES string of the molecule is CC[C@@]1(O)C(=O)OCc2c1cc1n(c2=O)Cc2c-1nc1cc(F)c(Cl)cc1c2CNC(=O)[C@@H](OCNC(=O)[C@H](C)NC(=O)[C@H](C)NC(=O)[C@H](C)NC(=O)CCCC#Cc1cnc(S(C)(=O)=O)nc1)C1CC1. The predicted molar refractivity (Wildman–Crippen MR) is 251 cm³/mol. The highest BCUT2D eigenvalue weighted by molar-refractivity contribution is 7.90. The third kappa shape index (κ3) is 11.5. The topological polar surface area (TPSA) is 296 Å². The number of nitrogens with zero attached hydrogens (tertiary/aromatic N) is 4. The average molecular weight is 1020 g/mol. The molecule has 0 radical (unpaired) electrons. The fourth-order valence-corrected chi connectivity index (χ4v) is 8.73. The van der Waals surface area contributed by atoms with E-state index in [1.807, 2.05) is 0 Å². The summed E-state index contributed by atoms with van der Waals surface area (Å²) in [6.07, 6.45) is 4.58. The Labute approximate surface area is 411 Å². The van der Waals surface area contributed by atoms with E-state index < -0.39 is 93.3 Å². The van der Waals surface area contributed by atoms with Crippen molar-refractivity contribution in [2.45, 2.75) is 121 Å². The van der Waals surface area contributed by atoms with Crippen molar-refractivity contribution in [1.82, 2.24) is 46.1 Å². The molecule has 3 aliphatic rings. The van der Waals surface area contributed by atoms with E-state index in [9.17, 15) is 51.5 Å². The number of halogens is 2. The Morgan fingerprint density at radius 2 is 1.63 bits per heavy atom. The van der Waals surface area contributed by atoms with E-state index in [4.69, 9.17) is 21.1 Å². The number of esters is 1. The number of hydrogen-bond donors (Lipinski definition) is 6. The Morgan fingerprint density at radius 3 is 2.28 bits per heavy atom. The maximum absolute atomic E-state index is 14.9. The van der Waals surface area contributed by atoms with Crippen molar-refractivity contribution < 1.29 is 56.2 Å². The van der Waals surface area contributed by atoms with Crippen molar-refractivity contribution in [3.8, 4) is 23.2 Å². The van der Waals surface area contributed by atoms with Crippen molar-refractivity contribution in [2.24, 2.45) is 5.92 Å². The van der Waals surface area contributed by atoms with Gasteiger partial charge in [-0.25, -0.2) is 32.6 Å². The second kappa shape index (κ2) is 21.2. The van der Waals surface area contributed by atoms with E-state index >= 15 is 0 Å². The molecule has 24 heteroatoms. The molecule has 21 nitrogen and oxygen atoms in total. The van der Waals surface area contributed by atoms with Crippen molar-refractivity contribution >= 4 is 67.8 Å². The molecule has 1 saturated carbocycles. The van der Waals surface area contributed by atoms with Crippen LogP contribution < -0.4 is 32.1 Å². The lowest BCUT2D eigenvalue weighted by atomic mass is 9.86. The number of nitrogens with one attached hydrogen (secondary N) is 5. The molecule has 0 unspecified atom stereocenters. The van der Waals surface area contributed by atoms with Gasteiger partial charge < -0.3 is 45.7 Å². The number of carbonyl (C=O) groups is 6. The van der Waals surface area contributed by atoms with E-state index in [2.05, 4.69) is 53.4 Å². The van der Waals surface area contributed by atoms with Crippen molar-refractivity contribution in [1.29, 1.82) is 0 Å². The Hall–Kier alpha value is -6.87. The van der Waals surface area contributed by atoms with Crippen LogP contribution in [0.1, 0.15) is 94.0 Å². The third-order valence-electron chi connectivity index (χ3n) is 12.3. The van der Waals surface area contributed by atoms with Crippen LogP contribution >= 0.6 is 11.6 Å². The molecule has 71 heavy (non-hydrogen) atoms. The molecule has 1 fully saturated rings. The maximum Gasteiger partial charge on any atom is 0.343 e. The summed E-state index contributed by atoms with van der Waals surface area (Å²) < 4.78 is 50.3. The first-order chi connectivity index (χ1) is 33.6. The summed E-state index contributed by atoms with van der Waals surface area (Å²) in [5.74, 6) is 0.901. The molecule has 0 saturated heterocycles. The minimum atomic E-state index is -3.54. The first kappa shape index (κ1) is 52.0. The van der Waals surface area contributed by atoms with E-state index in [0.29, 0.717) is 53.5 Å². The van der Waals surface area contributed by atoms with Crippen molar-refractivity contribution in [2.75, 3.05) is 13.0 Å². The molecule has 0 bridgehead atoms. The number of unbranched alkanes of at least 4 members (excludes halogenated alkanes) is 1. The van der Waals surface area contributed by atoms with Gasteiger partial charge in [-0.1, -0.05) is 30.4 Å². The molecule has 1 aliphatic carbocycles. The van der Waals surface area contributed by atoms with E-state index in [1.165, 1.54) is 49.9 Å². The van der Waals surface area contributed by atoms with Gasteiger partial charge in [-0.05, 0) is 70.1 Å². The summed E-state index contributed by atoms with van der Waals surface area (Å²) in [6, 6.07) is 0.856. The van der Waals surface area contributed by atoms with Crippen LogP contribution in [0.15, 0.2) is 40.5 Å². The Kier molecular flexibility index (Phi) is 15.5. The fraction of sp³-hybridized carbons (Fsp3) is 0.447. The molecule has 376 valence electrons. The van der Waals surface area contributed by atoms with Crippen molar-refractivity contribution in [3.05, 3.63) is 79.6 Å². The van der Waals surface area contributed by atoms with Crippen LogP contribution in [0.2, 0.25) is 5.02 Å². The van der Waals surface area contributed by atoms with Crippen LogP contribution in [0.3, 0.4) is 0 Å². The summed E-state index contributed by atoms with van der Waals surface area (Å²) in [7, 11) is -3.54. The molecule has 1 aromatic carbocycles. The number of cyclic esters (lactones) is 1. The molecule has 3 aromatic heterocycles. The van der Waals surface area contributed by atoms with Crippen LogP contribution in [-0.2, 0) is 73.4 Å². The van der Waals surface area contributed by atoms with Gasteiger partial charge in [-0.15, -0.1) is 0 Å². The summed E-state index contributed by atoms with van der Waals surface area (Å²) in [5, 5.41) is 24.2. The van der Waals surface area contributed by atoms with Gasteiger partial charge in [-0.3, -0.25) is 28.8 Å². The maximum atomic E-state index is 14.9. The highest BCUT2D eigenvalue weighted by Gasteiger charge is 2.46. The summed E-state index contributed by atoms with van der Waals surface area (Å²) in [5.41, 5.74) is -0.178. The van der Waals surface area contributed by atoms with Crippen LogP contribution in [-0.4, -0.2) is 106 Å². The van der Waals surface area contributed by atoms with E-state index in [0.717, 1.165) is 12.3 Å². The van der Waals surface area contributed by atoms with Crippen LogP contribution in [0.25, 0.3) is 22.3 Å². The predicted octanol–water partition coefficient (Wildman–Crippen LogP) is 1.29. The second-order valence-electron chi connectivity index (χ2n) is 17.6. The number of benzene rings is 1. The van der Waals surface area contributed by atoms with E-state index in [1.54, 1.807) is 6.92 Å². The smallest absolute Gasteiger partial charge is 0.343 e. The molecule has 4 aromatic rings. The number of hydrogen-bond acceptors (Lipinski definition) is 15. The van der Waals surface area contributed by atoms with Crippen LogP contribution in [0.5, 0.6) is 0 Å². The molecule has 5 atom stereocenters. The molecule has 6 N–H and O–H groups in total. The standard InChI is InChI=1S/C47H51ClFN9O12S/c1-6-47(66)32-15-36-38-30(20-58(36)44(64)31(32)21-69-45(47)65)29(28-14-33(48)34(49)16-35(28)57-38)19-50-43(63)39(27-12-13-27)70-22-53-40(60)23(2)55-42(62)25(4)56-41(61)24(3)54-37(59)11-9-7-8-10-26-17-51-46(52-18-26)71(5,67)68/h14-18,23-25,27,39,66H,6-7,9,11-13,19-22H2,1-5H3,(H,50,63)(H,53,60)(H,54,59)(H,55,62)(H,56,61)/t23-,24-,25-,39-,47-/m0/s1. The first-order valence-corrected chi connectivity index (χ1v) is 24.9. The Morgan fingerprint density at radius 1 is 0.972 bits per heavy atom. The lowest BCUT2D eigenvalue weighted by Crippen LogP contribution is -2.54. The van der Waals surface area contributed by atoms with Crippen LogP contribution in [0.4, 0.5) is 4.39 Å². The minimum Gasteiger partial charge on any atom is -0.458 e. The lowest BCUT2D eigenvalue weighted by molar-refractivity contribution is -0.172. The minimum absolute atomic E-state index is 0.00223. The number of aliphatic hydroxyl groups is 1. The second-order valence-corrected chi connectivity index (χ2v) is 19.9. The summed E-state index contributed by atoms with van der Waals surface area (Å²) in [6.45, 7) is 4.98. The zero-order chi connectivity index (χ0) is 51.5. The third-order valence-corrected chi connectivity index (χ3v) is 13.4. The summed E-state index contributed by atoms with van der Waals surface area (Å²) in [4.78, 5) is 104. The largest absolute Gasteiger partial charge is 0.458 e. The molecule has 2 aliphatic heterocycles. The molecule has 5 heterocycles. The van der Waals surface area contributed by atoms with Crippen LogP contribution in [0, 0.1) is 23.6 Å². The number of ether oxygens (including phenoxy) is 2. The van der Waals surface area contributed by atoms with Gasteiger partial charge in [0, 0.05) is 60.6 Å². The summed E-state index contributed by atoms with van der Waals surface area (Å²) >= 11 is 6.23. The molecule has 5 amide bonds. The molecular formula is C47H51ClFN9O12S. The zero-order valence-electron chi connectivity index (χ0n) is 39.2. The van der Waals surface area contributed by atoms with Gasteiger partial charge in [0.1, 0.15) is 43.4 Å². The van der Waals surface area contributed by atoms with Gasteiger partial charge in [0.15, 0.2) is 5.60 Å². The lowest BCUT2D eigenvalue weighted by Gasteiger charge is -2.31. The number of fused-ring (bicyclic) bond motifs is 5. The quantitative estimate of drug-likeness (QED) is 0.0237.